The fourth-order valence-corrected chi connectivity index (χ4v) is 3.62. The van der Waals surface area contributed by atoms with Crippen molar-refractivity contribution in [1.29, 1.82) is 0 Å². The summed E-state index contributed by atoms with van der Waals surface area (Å²) in [6.45, 7) is 4.18. The Labute approximate surface area is 116 Å². The van der Waals surface area contributed by atoms with E-state index in [-0.39, 0.29) is 5.41 Å². The summed E-state index contributed by atoms with van der Waals surface area (Å²) in [6, 6.07) is 0. The number of carbonyl (C=O) groups is 1. The van der Waals surface area contributed by atoms with Gasteiger partial charge in [-0.3, -0.25) is 0 Å². The Morgan fingerprint density at radius 1 is 1.42 bits per heavy atom. The number of rotatable bonds is 4. The Hall–Kier alpha value is -0.890. The highest BCUT2D eigenvalue weighted by molar-refractivity contribution is 5.55. The molecule has 0 aromatic carbocycles. The van der Waals surface area contributed by atoms with E-state index in [0.29, 0.717) is 12.3 Å². The van der Waals surface area contributed by atoms with Crippen molar-refractivity contribution in [2.75, 3.05) is 0 Å². The quantitative estimate of drug-likeness (QED) is 0.618. The molecule has 0 spiro atoms. The highest BCUT2D eigenvalue weighted by atomic mass is 16.3. The lowest BCUT2D eigenvalue weighted by Crippen LogP contribution is -2.49. The van der Waals surface area contributed by atoms with Gasteiger partial charge >= 0.3 is 0 Å². The molecule has 0 fully saturated rings. The van der Waals surface area contributed by atoms with Crippen molar-refractivity contribution in [3.05, 3.63) is 23.8 Å². The number of hydrogen-bond donors (Lipinski definition) is 1. The van der Waals surface area contributed by atoms with E-state index in [9.17, 15) is 9.90 Å². The number of allylic oxidation sites excluding steroid dienone is 3. The van der Waals surface area contributed by atoms with Crippen LogP contribution in [0.1, 0.15) is 58.8 Å². The first kappa shape index (κ1) is 14.5. The molecule has 2 nitrogen and oxygen atoms in total. The number of aldehydes is 1. The van der Waals surface area contributed by atoms with Crippen LogP contribution in [0.2, 0.25) is 0 Å². The molecule has 0 radical (unpaired) electrons. The van der Waals surface area contributed by atoms with Crippen LogP contribution in [0.4, 0.5) is 0 Å². The van der Waals surface area contributed by atoms with E-state index in [1.807, 2.05) is 0 Å². The normalized spacial score (nSPS) is 33.8. The first-order valence-corrected chi connectivity index (χ1v) is 7.52. The maximum absolute atomic E-state index is 11.2. The van der Waals surface area contributed by atoms with E-state index in [1.54, 1.807) is 0 Å². The number of carbonyl (C=O) groups excluding carboxylic acids is 1. The highest BCUT2D eigenvalue weighted by Crippen LogP contribution is 2.49. The molecule has 2 aliphatic carbocycles. The molecule has 0 saturated heterocycles. The van der Waals surface area contributed by atoms with Gasteiger partial charge in [-0.25, -0.2) is 0 Å². The lowest BCUT2D eigenvalue weighted by Gasteiger charge is -2.48. The van der Waals surface area contributed by atoms with Crippen LogP contribution >= 0.6 is 0 Å². The van der Waals surface area contributed by atoms with Crippen LogP contribution in [0.15, 0.2) is 23.8 Å². The monoisotopic (exact) mass is 262 g/mol. The fraction of sp³-hybridized carbons (Fsp3) is 0.706. The van der Waals surface area contributed by atoms with Gasteiger partial charge in [0.25, 0.3) is 0 Å². The Balaban J connectivity index is 2.17. The minimum Gasteiger partial charge on any atom is -0.389 e. The largest absolute Gasteiger partial charge is 0.389 e. The van der Waals surface area contributed by atoms with E-state index < -0.39 is 5.60 Å². The first-order chi connectivity index (χ1) is 8.99. The molecule has 0 saturated carbocycles. The molecule has 0 aromatic rings. The van der Waals surface area contributed by atoms with Gasteiger partial charge in [0.1, 0.15) is 6.29 Å². The van der Waals surface area contributed by atoms with Crippen LogP contribution in [0.5, 0.6) is 0 Å². The van der Waals surface area contributed by atoms with Gasteiger partial charge in [-0.15, -0.1) is 0 Å². The van der Waals surface area contributed by atoms with Gasteiger partial charge < -0.3 is 9.90 Å². The summed E-state index contributed by atoms with van der Waals surface area (Å²) in [6.07, 6.45) is 14.2. The van der Waals surface area contributed by atoms with Crippen molar-refractivity contribution < 1.29 is 9.90 Å². The molecule has 19 heavy (non-hydrogen) atoms. The highest BCUT2D eigenvalue weighted by Gasteiger charge is 2.47. The third-order valence-corrected chi connectivity index (χ3v) is 5.17. The second-order valence-electron chi connectivity index (χ2n) is 6.62. The third-order valence-electron chi connectivity index (χ3n) is 5.17. The predicted molar refractivity (Wildman–Crippen MR) is 77.8 cm³/mol. The van der Waals surface area contributed by atoms with Crippen LogP contribution in [0.25, 0.3) is 0 Å². The van der Waals surface area contributed by atoms with Gasteiger partial charge in [-0.1, -0.05) is 37.6 Å². The van der Waals surface area contributed by atoms with Crippen molar-refractivity contribution in [1.82, 2.24) is 0 Å². The molecule has 106 valence electrons. The average molecular weight is 262 g/mol. The van der Waals surface area contributed by atoms with Gasteiger partial charge in [0.05, 0.1) is 5.60 Å². The van der Waals surface area contributed by atoms with Crippen LogP contribution in [0.3, 0.4) is 0 Å². The molecule has 2 rings (SSSR count). The molecule has 2 heteroatoms. The molecule has 0 amide bonds. The fourth-order valence-electron chi connectivity index (χ4n) is 3.62. The van der Waals surface area contributed by atoms with Crippen LogP contribution in [-0.2, 0) is 4.79 Å². The molecule has 2 atom stereocenters. The molecule has 0 bridgehead atoms. The summed E-state index contributed by atoms with van der Waals surface area (Å²) in [5.74, 6) is 0.494. The maximum atomic E-state index is 11.2. The van der Waals surface area contributed by atoms with Gasteiger partial charge in [0, 0.05) is 11.8 Å². The molecule has 2 aliphatic rings. The zero-order chi connectivity index (χ0) is 13.9. The van der Waals surface area contributed by atoms with E-state index in [4.69, 9.17) is 0 Å². The van der Waals surface area contributed by atoms with Gasteiger partial charge in [-0.05, 0) is 44.4 Å². The van der Waals surface area contributed by atoms with E-state index in [1.165, 1.54) is 19.3 Å². The zero-order valence-electron chi connectivity index (χ0n) is 12.2. The first-order valence-electron chi connectivity index (χ1n) is 7.52. The van der Waals surface area contributed by atoms with Gasteiger partial charge in [0.2, 0.25) is 0 Å². The van der Waals surface area contributed by atoms with Crippen molar-refractivity contribution in [3.8, 4) is 0 Å². The van der Waals surface area contributed by atoms with E-state index >= 15 is 0 Å². The Kier molecular flexibility index (Phi) is 4.29. The lowest BCUT2D eigenvalue weighted by molar-refractivity contribution is -0.108. The summed E-state index contributed by atoms with van der Waals surface area (Å²) in [5, 5.41) is 11.2. The van der Waals surface area contributed by atoms with E-state index in [0.717, 1.165) is 31.1 Å². The van der Waals surface area contributed by atoms with Crippen LogP contribution < -0.4 is 0 Å². The van der Waals surface area contributed by atoms with Gasteiger partial charge in [0.15, 0.2) is 0 Å². The van der Waals surface area contributed by atoms with Crippen LogP contribution in [-0.4, -0.2) is 17.0 Å². The SMILES string of the molecule is CC1(C)C(CC=O)=CCCC1(O)CC1C=CCCC1. The van der Waals surface area contributed by atoms with Crippen LogP contribution in [0, 0.1) is 11.3 Å². The summed E-state index contributed by atoms with van der Waals surface area (Å²) in [5.41, 5.74) is 0.139. The van der Waals surface area contributed by atoms with Crippen molar-refractivity contribution in [2.24, 2.45) is 11.3 Å². The smallest absolute Gasteiger partial charge is 0.124 e. The topological polar surface area (TPSA) is 37.3 Å². The molecule has 0 aliphatic heterocycles. The summed E-state index contributed by atoms with van der Waals surface area (Å²) >= 11 is 0. The average Bonchev–Trinajstić information content (AvgIpc) is 2.37. The lowest BCUT2D eigenvalue weighted by atomic mass is 9.60. The summed E-state index contributed by atoms with van der Waals surface area (Å²) in [7, 11) is 0. The Morgan fingerprint density at radius 2 is 2.21 bits per heavy atom. The molecular weight excluding hydrogens is 236 g/mol. The second kappa shape index (κ2) is 5.62. The Bertz CT molecular complexity index is 392. The third kappa shape index (κ3) is 2.84. The summed E-state index contributed by atoms with van der Waals surface area (Å²) in [4.78, 5) is 10.8. The summed E-state index contributed by atoms with van der Waals surface area (Å²) < 4.78 is 0. The number of hydrogen-bond acceptors (Lipinski definition) is 2. The molecular formula is C17H26O2. The van der Waals surface area contributed by atoms with E-state index in [2.05, 4.69) is 32.1 Å². The van der Waals surface area contributed by atoms with Crippen molar-refractivity contribution >= 4 is 6.29 Å². The standard InChI is InChI=1S/C17H26O2/c1-16(2)15(10-12-18)9-6-11-17(16,19)13-14-7-4-3-5-8-14/h4,7,9,12,14,19H,3,5-6,8,10-11,13H2,1-2H3. The molecule has 0 aromatic heterocycles. The maximum Gasteiger partial charge on any atom is 0.124 e. The molecule has 1 N–H and O–H groups in total. The zero-order valence-corrected chi connectivity index (χ0v) is 12.2. The Morgan fingerprint density at radius 3 is 2.84 bits per heavy atom. The molecule has 2 unspecified atom stereocenters. The van der Waals surface area contributed by atoms with Gasteiger partial charge in [-0.2, -0.15) is 0 Å². The predicted octanol–water partition coefficient (Wildman–Crippen LogP) is 3.80. The minimum atomic E-state index is -0.674. The minimum absolute atomic E-state index is 0.294. The number of aliphatic hydroxyl groups is 1. The van der Waals surface area contributed by atoms with Crippen molar-refractivity contribution in [3.63, 3.8) is 0 Å². The molecule has 0 heterocycles. The van der Waals surface area contributed by atoms with Crippen molar-refractivity contribution in [2.45, 2.75) is 64.4 Å². The second-order valence-corrected chi connectivity index (χ2v) is 6.62.